The SMILES string of the molecule is CN(c1nc(C2CC2)no1)C(C)(C)C(=O)O. The minimum absolute atomic E-state index is 0.259. The van der Waals surface area contributed by atoms with Gasteiger partial charge < -0.3 is 14.5 Å². The van der Waals surface area contributed by atoms with E-state index < -0.39 is 11.5 Å². The second-order valence-electron chi connectivity index (χ2n) is 4.63. The summed E-state index contributed by atoms with van der Waals surface area (Å²) in [4.78, 5) is 16.7. The van der Waals surface area contributed by atoms with Crippen molar-refractivity contribution in [1.29, 1.82) is 0 Å². The van der Waals surface area contributed by atoms with E-state index >= 15 is 0 Å². The fourth-order valence-electron chi connectivity index (χ4n) is 1.25. The Morgan fingerprint density at radius 2 is 2.19 bits per heavy atom. The van der Waals surface area contributed by atoms with Crippen molar-refractivity contribution in [3.63, 3.8) is 0 Å². The van der Waals surface area contributed by atoms with Gasteiger partial charge >= 0.3 is 12.0 Å². The molecule has 0 aromatic carbocycles. The highest BCUT2D eigenvalue weighted by Crippen LogP contribution is 2.39. The van der Waals surface area contributed by atoms with Crippen LogP contribution in [0.5, 0.6) is 0 Å². The zero-order chi connectivity index (χ0) is 11.9. The van der Waals surface area contributed by atoms with Gasteiger partial charge in [-0.15, -0.1) is 0 Å². The predicted molar refractivity (Wildman–Crippen MR) is 56.4 cm³/mol. The van der Waals surface area contributed by atoms with E-state index in [-0.39, 0.29) is 6.01 Å². The summed E-state index contributed by atoms with van der Waals surface area (Å²) in [7, 11) is 1.64. The van der Waals surface area contributed by atoms with Crippen LogP contribution < -0.4 is 4.90 Å². The molecule has 6 heteroatoms. The second kappa shape index (κ2) is 3.47. The molecule has 1 heterocycles. The Labute approximate surface area is 93.2 Å². The van der Waals surface area contributed by atoms with E-state index in [1.165, 1.54) is 4.90 Å². The van der Waals surface area contributed by atoms with E-state index in [4.69, 9.17) is 9.63 Å². The van der Waals surface area contributed by atoms with Gasteiger partial charge in [0, 0.05) is 13.0 Å². The van der Waals surface area contributed by atoms with Crippen LogP contribution in [0.4, 0.5) is 6.01 Å². The van der Waals surface area contributed by atoms with E-state index in [9.17, 15) is 4.79 Å². The first-order valence-corrected chi connectivity index (χ1v) is 5.23. The molecule has 88 valence electrons. The van der Waals surface area contributed by atoms with Gasteiger partial charge in [-0.3, -0.25) is 0 Å². The van der Waals surface area contributed by atoms with Crippen LogP contribution in [0.15, 0.2) is 4.52 Å². The number of nitrogens with zero attached hydrogens (tertiary/aromatic N) is 3. The lowest BCUT2D eigenvalue weighted by Crippen LogP contribution is -2.48. The Hall–Kier alpha value is -1.59. The van der Waals surface area contributed by atoms with Gasteiger partial charge in [0.05, 0.1) is 0 Å². The highest BCUT2D eigenvalue weighted by molar-refractivity contribution is 5.81. The molecular formula is C10H15N3O3. The van der Waals surface area contributed by atoms with Crippen LogP contribution >= 0.6 is 0 Å². The molecule has 0 spiro atoms. The average molecular weight is 225 g/mol. The van der Waals surface area contributed by atoms with Gasteiger partial charge in [0.15, 0.2) is 5.82 Å². The van der Waals surface area contributed by atoms with Gasteiger partial charge in [-0.25, -0.2) is 4.79 Å². The normalized spacial score (nSPS) is 16.2. The van der Waals surface area contributed by atoms with Crippen molar-refractivity contribution in [3.05, 3.63) is 5.82 Å². The first kappa shape index (κ1) is 10.9. The number of carbonyl (C=O) groups is 1. The maximum Gasteiger partial charge on any atom is 0.329 e. The molecular weight excluding hydrogens is 210 g/mol. The minimum Gasteiger partial charge on any atom is -0.480 e. The fraction of sp³-hybridized carbons (Fsp3) is 0.700. The molecule has 1 N–H and O–H groups in total. The number of carboxylic acid groups (broad SMARTS) is 1. The molecule has 0 radical (unpaired) electrons. The largest absolute Gasteiger partial charge is 0.480 e. The lowest BCUT2D eigenvalue weighted by Gasteiger charge is -2.29. The molecule has 0 unspecified atom stereocenters. The third kappa shape index (κ3) is 1.75. The third-order valence-electron chi connectivity index (χ3n) is 3.02. The van der Waals surface area contributed by atoms with Crippen molar-refractivity contribution in [2.75, 3.05) is 11.9 Å². The number of carboxylic acids is 1. The van der Waals surface area contributed by atoms with Crippen molar-refractivity contribution < 1.29 is 14.4 Å². The first-order chi connectivity index (χ1) is 7.43. The van der Waals surface area contributed by atoms with Crippen LogP contribution in [0.3, 0.4) is 0 Å². The molecule has 1 aromatic rings. The standard InChI is InChI=1S/C10H15N3O3/c1-10(2,8(14)15)13(3)9-11-7(12-16-9)6-4-5-6/h6H,4-5H2,1-3H3,(H,14,15). The number of likely N-dealkylation sites (N-methyl/N-ethyl adjacent to an activating group) is 1. The van der Waals surface area contributed by atoms with Gasteiger partial charge in [-0.2, -0.15) is 4.98 Å². The molecule has 0 amide bonds. The quantitative estimate of drug-likeness (QED) is 0.830. The molecule has 1 aliphatic carbocycles. The molecule has 0 atom stereocenters. The van der Waals surface area contributed by atoms with Crippen LogP contribution in [0.1, 0.15) is 38.4 Å². The Balaban J connectivity index is 2.19. The number of hydrogen-bond donors (Lipinski definition) is 1. The summed E-state index contributed by atoms with van der Waals surface area (Å²) in [5, 5.41) is 12.9. The van der Waals surface area contributed by atoms with Crippen molar-refractivity contribution in [3.8, 4) is 0 Å². The van der Waals surface area contributed by atoms with Crippen LogP contribution in [-0.2, 0) is 4.79 Å². The minimum atomic E-state index is -1.06. The van der Waals surface area contributed by atoms with E-state index in [1.807, 2.05) is 0 Å². The van der Waals surface area contributed by atoms with Gasteiger partial charge in [0.1, 0.15) is 5.54 Å². The summed E-state index contributed by atoms with van der Waals surface area (Å²) in [5.74, 6) is 0.156. The molecule has 16 heavy (non-hydrogen) atoms. The monoisotopic (exact) mass is 225 g/mol. The lowest BCUT2D eigenvalue weighted by atomic mass is 10.1. The van der Waals surface area contributed by atoms with Gasteiger partial charge in [0.2, 0.25) is 0 Å². The number of aromatic nitrogens is 2. The highest BCUT2D eigenvalue weighted by atomic mass is 16.5. The molecule has 2 rings (SSSR count). The molecule has 6 nitrogen and oxygen atoms in total. The molecule has 1 saturated carbocycles. The van der Waals surface area contributed by atoms with E-state index in [2.05, 4.69) is 10.1 Å². The molecule has 1 aromatic heterocycles. The summed E-state index contributed by atoms with van der Waals surface area (Å²) in [6.07, 6.45) is 2.18. The van der Waals surface area contributed by atoms with Crippen molar-refractivity contribution in [2.24, 2.45) is 0 Å². The zero-order valence-electron chi connectivity index (χ0n) is 9.60. The number of hydrogen-bond acceptors (Lipinski definition) is 5. The van der Waals surface area contributed by atoms with E-state index in [1.54, 1.807) is 20.9 Å². The van der Waals surface area contributed by atoms with E-state index in [0.29, 0.717) is 11.7 Å². The molecule has 0 bridgehead atoms. The molecule has 0 saturated heterocycles. The van der Waals surface area contributed by atoms with Crippen molar-refractivity contribution in [2.45, 2.75) is 38.1 Å². The summed E-state index contributed by atoms with van der Waals surface area (Å²) in [5.41, 5.74) is -1.06. The molecule has 1 fully saturated rings. The Morgan fingerprint density at radius 1 is 1.56 bits per heavy atom. The van der Waals surface area contributed by atoms with Crippen molar-refractivity contribution >= 4 is 12.0 Å². The topological polar surface area (TPSA) is 79.5 Å². The van der Waals surface area contributed by atoms with Gasteiger partial charge in [0.25, 0.3) is 0 Å². The maximum absolute atomic E-state index is 11.1. The summed E-state index contributed by atoms with van der Waals surface area (Å²) < 4.78 is 5.07. The van der Waals surface area contributed by atoms with Gasteiger partial charge in [-0.05, 0) is 26.7 Å². The van der Waals surface area contributed by atoms with Crippen molar-refractivity contribution in [1.82, 2.24) is 10.1 Å². The summed E-state index contributed by atoms with van der Waals surface area (Å²) in [6.45, 7) is 3.19. The van der Waals surface area contributed by atoms with Crippen LogP contribution in [0, 0.1) is 0 Å². The Kier molecular flexibility index (Phi) is 2.36. The number of rotatable bonds is 4. The Bertz CT molecular complexity index is 409. The lowest BCUT2D eigenvalue weighted by molar-refractivity contribution is -0.142. The predicted octanol–water partition coefficient (Wildman–Crippen LogP) is 1.25. The molecule has 0 aliphatic heterocycles. The summed E-state index contributed by atoms with van der Waals surface area (Å²) in [6, 6.07) is 0.259. The smallest absolute Gasteiger partial charge is 0.329 e. The summed E-state index contributed by atoms with van der Waals surface area (Å²) >= 11 is 0. The second-order valence-corrected chi connectivity index (χ2v) is 4.63. The maximum atomic E-state index is 11.1. The number of aliphatic carboxylic acids is 1. The van der Waals surface area contributed by atoms with Crippen LogP contribution in [-0.4, -0.2) is 33.8 Å². The zero-order valence-corrected chi connectivity index (χ0v) is 9.60. The first-order valence-electron chi connectivity index (χ1n) is 5.23. The number of anilines is 1. The molecule has 1 aliphatic rings. The van der Waals surface area contributed by atoms with Gasteiger partial charge in [-0.1, -0.05) is 5.16 Å². The highest BCUT2D eigenvalue weighted by Gasteiger charge is 2.36. The fourth-order valence-corrected chi connectivity index (χ4v) is 1.25. The van der Waals surface area contributed by atoms with Crippen LogP contribution in [0.25, 0.3) is 0 Å². The average Bonchev–Trinajstić information content (AvgIpc) is 2.95. The van der Waals surface area contributed by atoms with Crippen LogP contribution in [0.2, 0.25) is 0 Å². The van der Waals surface area contributed by atoms with E-state index in [0.717, 1.165) is 12.8 Å². The third-order valence-corrected chi connectivity index (χ3v) is 3.02. The Morgan fingerprint density at radius 3 is 2.69 bits per heavy atom.